The molecule has 0 unspecified atom stereocenters. The van der Waals surface area contributed by atoms with Crippen molar-refractivity contribution in [2.24, 2.45) is 0 Å². The summed E-state index contributed by atoms with van der Waals surface area (Å²) in [5.74, 6) is -0.0356. The van der Waals surface area contributed by atoms with Crippen LogP contribution in [-0.4, -0.2) is 57.8 Å². The third kappa shape index (κ3) is 4.33. The lowest BCUT2D eigenvalue weighted by molar-refractivity contribution is 0.0778. The lowest BCUT2D eigenvalue weighted by Gasteiger charge is -2.22. The lowest BCUT2D eigenvalue weighted by Crippen LogP contribution is -2.32. The van der Waals surface area contributed by atoms with Gasteiger partial charge in [0.1, 0.15) is 10.6 Å². The van der Waals surface area contributed by atoms with E-state index in [1.54, 1.807) is 11.0 Å². The summed E-state index contributed by atoms with van der Waals surface area (Å²) in [6, 6.07) is 4.42. The maximum absolute atomic E-state index is 12.6. The van der Waals surface area contributed by atoms with Crippen molar-refractivity contribution in [3.05, 3.63) is 35.9 Å². The molecule has 0 radical (unpaired) electrons. The summed E-state index contributed by atoms with van der Waals surface area (Å²) >= 11 is 0. The summed E-state index contributed by atoms with van der Waals surface area (Å²) in [7, 11) is 0.549. The van der Waals surface area contributed by atoms with Crippen LogP contribution in [0.5, 0.6) is 5.75 Å². The molecule has 1 rings (SSSR count). The summed E-state index contributed by atoms with van der Waals surface area (Å²) in [6.45, 7) is 8.45. The maximum atomic E-state index is 12.6. The standard InChI is InChI=1S/C16H24N2O4S/c1-7-18(11-12(2)3)16(19)13-8-9-14(22-6)15(10-13)23(20,21)17(4)5/h8-10H,2,7,11H2,1,3-6H3. The summed E-state index contributed by atoms with van der Waals surface area (Å²) in [4.78, 5) is 14.2. The van der Waals surface area contributed by atoms with Gasteiger partial charge in [0.15, 0.2) is 0 Å². The van der Waals surface area contributed by atoms with Crippen LogP contribution in [0, 0.1) is 0 Å². The Morgan fingerprint density at radius 2 is 1.91 bits per heavy atom. The van der Waals surface area contributed by atoms with Crippen LogP contribution in [0.4, 0.5) is 0 Å². The molecule has 0 saturated heterocycles. The largest absolute Gasteiger partial charge is 0.495 e. The van der Waals surface area contributed by atoms with E-state index in [-0.39, 0.29) is 16.6 Å². The summed E-state index contributed by atoms with van der Waals surface area (Å²) in [5.41, 5.74) is 1.16. The number of carbonyl (C=O) groups excluding carboxylic acids is 1. The number of sulfonamides is 1. The Kier molecular flexibility index (Phi) is 6.35. The minimum Gasteiger partial charge on any atom is -0.495 e. The van der Waals surface area contributed by atoms with Crippen LogP contribution in [-0.2, 0) is 10.0 Å². The highest BCUT2D eigenvalue weighted by molar-refractivity contribution is 7.89. The molecule has 0 aliphatic heterocycles. The second-order valence-electron chi connectivity index (χ2n) is 5.43. The molecule has 0 aliphatic rings. The molecule has 128 valence electrons. The zero-order chi connectivity index (χ0) is 17.8. The van der Waals surface area contributed by atoms with E-state index in [2.05, 4.69) is 6.58 Å². The minimum atomic E-state index is -3.71. The van der Waals surface area contributed by atoms with E-state index in [1.165, 1.54) is 33.3 Å². The van der Waals surface area contributed by atoms with Crippen LogP contribution in [0.25, 0.3) is 0 Å². The number of methoxy groups -OCH3 is 1. The average Bonchev–Trinajstić information content (AvgIpc) is 2.50. The van der Waals surface area contributed by atoms with Gasteiger partial charge in [0, 0.05) is 32.7 Å². The zero-order valence-corrected chi connectivity index (χ0v) is 15.1. The first kappa shape index (κ1) is 19.2. The Morgan fingerprint density at radius 1 is 1.30 bits per heavy atom. The van der Waals surface area contributed by atoms with Gasteiger partial charge in [0.25, 0.3) is 5.91 Å². The molecule has 0 atom stereocenters. The normalized spacial score (nSPS) is 11.4. The first-order chi connectivity index (χ1) is 10.6. The highest BCUT2D eigenvalue weighted by Gasteiger charge is 2.25. The zero-order valence-electron chi connectivity index (χ0n) is 14.3. The first-order valence-electron chi connectivity index (χ1n) is 7.19. The number of hydrogen-bond donors (Lipinski definition) is 0. The van der Waals surface area contributed by atoms with Gasteiger partial charge in [-0.15, -0.1) is 0 Å². The van der Waals surface area contributed by atoms with E-state index in [4.69, 9.17) is 4.74 Å². The number of nitrogens with zero attached hydrogens (tertiary/aromatic N) is 2. The van der Waals surface area contributed by atoms with Crippen LogP contribution in [0.2, 0.25) is 0 Å². The fraction of sp³-hybridized carbons (Fsp3) is 0.438. The number of carbonyl (C=O) groups is 1. The third-order valence-corrected chi connectivity index (χ3v) is 5.14. The fourth-order valence-electron chi connectivity index (χ4n) is 2.04. The van der Waals surface area contributed by atoms with Crippen molar-refractivity contribution in [2.75, 3.05) is 34.3 Å². The average molecular weight is 340 g/mol. The van der Waals surface area contributed by atoms with Gasteiger partial charge in [-0.3, -0.25) is 4.79 Å². The Balaban J connectivity index is 3.35. The molecule has 23 heavy (non-hydrogen) atoms. The van der Waals surface area contributed by atoms with Crippen LogP contribution >= 0.6 is 0 Å². The first-order valence-corrected chi connectivity index (χ1v) is 8.63. The van der Waals surface area contributed by atoms with Gasteiger partial charge < -0.3 is 9.64 Å². The van der Waals surface area contributed by atoms with Crippen LogP contribution < -0.4 is 4.74 Å². The van der Waals surface area contributed by atoms with Crippen molar-refractivity contribution in [2.45, 2.75) is 18.7 Å². The van der Waals surface area contributed by atoms with Crippen molar-refractivity contribution in [1.29, 1.82) is 0 Å². The van der Waals surface area contributed by atoms with E-state index >= 15 is 0 Å². The molecular formula is C16H24N2O4S. The molecule has 1 amide bonds. The second-order valence-corrected chi connectivity index (χ2v) is 7.55. The van der Waals surface area contributed by atoms with Gasteiger partial charge in [-0.05, 0) is 32.0 Å². The topological polar surface area (TPSA) is 66.9 Å². The Bertz CT molecular complexity index is 696. The van der Waals surface area contributed by atoms with Gasteiger partial charge >= 0.3 is 0 Å². The molecule has 0 fully saturated rings. The van der Waals surface area contributed by atoms with Gasteiger partial charge in [-0.1, -0.05) is 12.2 Å². The Hall–Kier alpha value is -1.86. The molecule has 0 N–H and O–H groups in total. The van der Waals surface area contributed by atoms with Gasteiger partial charge in [0.2, 0.25) is 10.0 Å². The predicted molar refractivity (Wildman–Crippen MR) is 90.3 cm³/mol. The lowest BCUT2D eigenvalue weighted by atomic mass is 10.1. The van der Waals surface area contributed by atoms with Gasteiger partial charge in [-0.25, -0.2) is 12.7 Å². The summed E-state index contributed by atoms with van der Waals surface area (Å²) < 4.78 is 31.0. The Morgan fingerprint density at radius 3 is 2.35 bits per heavy atom. The van der Waals surface area contributed by atoms with Crippen molar-refractivity contribution in [3.63, 3.8) is 0 Å². The number of rotatable bonds is 7. The molecule has 0 saturated carbocycles. The van der Waals surface area contributed by atoms with Crippen LogP contribution in [0.3, 0.4) is 0 Å². The van der Waals surface area contributed by atoms with E-state index < -0.39 is 10.0 Å². The molecule has 7 heteroatoms. The van der Waals surface area contributed by atoms with Crippen molar-refractivity contribution in [3.8, 4) is 5.75 Å². The molecule has 0 heterocycles. The molecule has 0 bridgehead atoms. The summed E-state index contributed by atoms with van der Waals surface area (Å²) in [5, 5.41) is 0. The molecule has 0 aliphatic carbocycles. The maximum Gasteiger partial charge on any atom is 0.254 e. The number of benzene rings is 1. The van der Waals surface area contributed by atoms with E-state index in [0.717, 1.165) is 9.88 Å². The van der Waals surface area contributed by atoms with Crippen molar-refractivity contribution >= 4 is 15.9 Å². The molecule has 0 spiro atoms. The molecule has 0 aromatic heterocycles. The van der Waals surface area contributed by atoms with E-state index in [0.29, 0.717) is 18.7 Å². The smallest absolute Gasteiger partial charge is 0.254 e. The highest BCUT2D eigenvalue weighted by Crippen LogP contribution is 2.27. The Labute approximate surface area is 138 Å². The van der Waals surface area contributed by atoms with Crippen molar-refractivity contribution in [1.82, 2.24) is 9.21 Å². The highest BCUT2D eigenvalue weighted by atomic mass is 32.2. The van der Waals surface area contributed by atoms with Gasteiger partial charge in [-0.2, -0.15) is 0 Å². The summed E-state index contributed by atoms with van der Waals surface area (Å²) in [6.07, 6.45) is 0. The molecular weight excluding hydrogens is 316 g/mol. The number of likely N-dealkylation sites (N-methyl/N-ethyl adjacent to an activating group) is 1. The minimum absolute atomic E-state index is 0.0257. The van der Waals surface area contributed by atoms with Crippen molar-refractivity contribution < 1.29 is 17.9 Å². The van der Waals surface area contributed by atoms with E-state index in [9.17, 15) is 13.2 Å². The third-order valence-electron chi connectivity index (χ3n) is 3.30. The number of hydrogen-bond acceptors (Lipinski definition) is 4. The quantitative estimate of drug-likeness (QED) is 0.712. The predicted octanol–water partition coefficient (Wildman–Crippen LogP) is 1.98. The van der Waals surface area contributed by atoms with E-state index in [1.807, 2.05) is 13.8 Å². The van der Waals surface area contributed by atoms with Crippen LogP contribution in [0.15, 0.2) is 35.2 Å². The molecule has 6 nitrogen and oxygen atoms in total. The molecule has 1 aromatic carbocycles. The second kappa shape index (κ2) is 7.61. The SMILES string of the molecule is C=C(C)CN(CC)C(=O)c1ccc(OC)c(S(=O)(=O)N(C)C)c1. The molecule has 1 aromatic rings. The monoisotopic (exact) mass is 340 g/mol. The van der Waals surface area contributed by atoms with Gasteiger partial charge in [0.05, 0.1) is 7.11 Å². The van der Waals surface area contributed by atoms with Crippen LogP contribution in [0.1, 0.15) is 24.2 Å². The number of ether oxygens (including phenoxy) is 1. The fourth-order valence-corrected chi connectivity index (χ4v) is 3.12. The number of amides is 1.